The van der Waals surface area contributed by atoms with Crippen molar-refractivity contribution in [1.29, 1.82) is 0 Å². The molecule has 0 fully saturated rings. The Labute approximate surface area is 71.8 Å². The fourth-order valence-corrected chi connectivity index (χ4v) is 1.37. The van der Waals surface area contributed by atoms with Gasteiger partial charge in [-0.1, -0.05) is 20.8 Å². The maximum atomic E-state index is 4.34. The Kier molecular flexibility index (Phi) is 2.60. The topological polar surface area (TPSA) is 25.8 Å². The molecule has 1 unspecified atom stereocenters. The Bertz CT molecular complexity index is 230. The van der Waals surface area contributed by atoms with Crippen molar-refractivity contribution in [3.63, 3.8) is 0 Å². The van der Waals surface area contributed by atoms with Gasteiger partial charge in [0.25, 0.3) is 0 Å². The molecule has 0 bridgehead atoms. The highest BCUT2D eigenvalue weighted by Gasteiger charge is 2.13. The molecule has 1 aromatic rings. The summed E-state index contributed by atoms with van der Waals surface area (Å²) in [6.07, 6.45) is 0. The molecule has 62 valence electrons. The molecule has 3 heteroatoms. The van der Waals surface area contributed by atoms with Crippen LogP contribution in [0.2, 0.25) is 0 Å². The van der Waals surface area contributed by atoms with Crippen molar-refractivity contribution in [2.75, 3.05) is 0 Å². The molecule has 0 aromatic carbocycles. The van der Waals surface area contributed by atoms with Crippen LogP contribution >= 0.6 is 11.5 Å². The van der Waals surface area contributed by atoms with Crippen LogP contribution in [0.5, 0.6) is 0 Å². The molecule has 11 heavy (non-hydrogen) atoms. The van der Waals surface area contributed by atoms with E-state index in [1.54, 1.807) is 0 Å². The van der Waals surface area contributed by atoms with Gasteiger partial charge < -0.3 is 0 Å². The van der Waals surface area contributed by atoms with Crippen LogP contribution in [0.25, 0.3) is 0 Å². The third-order valence-corrected chi connectivity index (χ3v) is 2.58. The molecule has 0 N–H and O–H groups in total. The number of nitrogens with zero attached hydrogens (tertiary/aromatic N) is 2. The maximum absolute atomic E-state index is 4.34. The Hall–Kier alpha value is -0.440. The summed E-state index contributed by atoms with van der Waals surface area (Å²) in [4.78, 5) is 4.34. The summed E-state index contributed by atoms with van der Waals surface area (Å²) in [5.41, 5.74) is 0. The lowest BCUT2D eigenvalue weighted by Gasteiger charge is -2.10. The van der Waals surface area contributed by atoms with Crippen LogP contribution in [0.1, 0.15) is 37.5 Å². The minimum Gasteiger partial charge on any atom is -0.225 e. The Morgan fingerprint density at radius 3 is 2.27 bits per heavy atom. The van der Waals surface area contributed by atoms with E-state index in [1.807, 2.05) is 6.92 Å². The number of rotatable bonds is 2. The number of hydrogen-bond acceptors (Lipinski definition) is 3. The quantitative estimate of drug-likeness (QED) is 0.682. The summed E-state index contributed by atoms with van der Waals surface area (Å²) in [5.74, 6) is 2.12. The third kappa shape index (κ3) is 1.99. The van der Waals surface area contributed by atoms with Crippen LogP contribution in [0.4, 0.5) is 0 Å². The van der Waals surface area contributed by atoms with E-state index < -0.39 is 0 Å². The molecule has 1 heterocycles. The number of hydrogen-bond donors (Lipinski definition) is 0. The van der Waals surface area contributed by atoms with Gasteiger partial charge in [0.15, 0.2) is 0 Å². The molecule has 0 aliphatic rings. The van der Waals surface area contributed by atoms with E-state index in [2.05, 4.69) is 30.1 Å². The van der Waals surface area contributed by atoms with Gasteiger partial charge in [-0.2, -0.15) is 4.37 Å². The predicted molar refractivity (Wildman–Crippen MR) is 47.9 cm³/mol. The molecule has 1 rings (SSSR count). The first-order valence-electron chi connectivity index (χ1n) is 3.91. The lowest BCUT2D eigenvalue weighted by Crippen LogP contribution is -2.03. The molecule has 0 saturated carbocycles. The largest absolute Gasteiger partial charge is 0.225 e. The zero-order valence-electron chi connectivity index (χ0n) is 7.46. The Morgan fingerprint density at radius 1 is 1.27 bits per heavy atom. The first-order valence-corrected chi connectivity index (χ1v) is 4.68. The van der Waals surface area contributed by atoms with E-state index in [0.717, 1.165) is 10.8 Å². The smallest absolute Gasteiger partial charge is 0.145 e. The van der Waals surface area contributed by atoms with E-state index in [1.165, 1.54) is 11.5 Å². The minimum atomic E-state index is 0.486. The fourth-order valence-electron chi connectivity index (χ4n) is 0.798. The van der Waals surface area contributed by atoms with Gasteiger partial charge in [-0.15, -0.1) is 0 Å². The highest BCUT2D eigenvalue weighted by atomic mass is 32.1. The van der Waals surface area contributed by atoms with Crippen molar-refractivity contribution in [1.82, 2.24) is 9.36 Å². The van der Waals surface area contributed by atoms with Crippen molar-refractivity contribution in [3.05, 3.63) is 10.8 Å². The second-order valence-corrected chi connectivity index (χ2v) is 4.16. The molecule has 2 nitrogen and oxygen atoms in total. The first-order chi connectivity index (χ1) is 5.11. The summed E-state index contributed by atoms with van der Waals surface area (Å²) < 4.78 is 4.27. The summed E-state index contributed by atoms with van der Waals surface area (Å²) >= 11 is 1.49. The van der Waals surface area contributed by atoms with Crippen LogP contribution < -0.4 is 0 Å². The number of aryl methyl sites for hydroxylation is 1. The molecule has 0 radical (unpaired) electrons. The average Bonchev–Trinajstić information content (AvgIpc) is 2.34. The average molecular weight is 170 g/mol. The molecule has 0 amide bonds. The normalized spacial score (nSPS) is 13.9. The molecule has 1 atom stereocenters. The number of aromatic nitrogens is 2. The van der Waals surface area contributed by atoms with Crippen LogP contribution in [-0.4, -0.2) is 9.36 Å². The first kappa shape index (κ1) is 8.65. The van der Waals surface area contributed by atoms with Gasteiger partial charge >= 0.3 is 0 Å². The van der Waals surface area contributed by atoms with E-state index >= 15 is 0 Å². The molecule has 0 spiro atoms. The van der Waals surface area contributed by atoms with Gasteiger partial charge in [0.1, 0.15) is 10.8 Å². The predicted octanol–water partition coefficient (Wildman–Crippen LogP) is 2.61. The van der Waals surface area contributed by atoms with E-state index in [4.69, 9.17) is 0 Å². The molecular weight excluding hydrogens is 156 g/mol. The maximum Gasteiger partial charge on any atom is 0.145 e. The molecular formula is C8H14N2S. The SMILES string of the molecule is Cc1nc(C(C)C(C)C)ns1. The lowest BCUT2D eigenvalue weighted by atomic mass is 9.98. The van der Waals surface area contributed by atoms with Crippen molar-refractivity contribution < 1.29 is 0 Å². The summed E-state index contributed by atoms with van der Waals surface area (Å²) in [6.45, 7) is 8.56. The molecule has 0 aliphatic carbocycles. The Balaban J connectivity index is 2.76. The molecule has 0 saturated heterocycles. The van der Waals surface area contributed by atoms with Gasteiger partial charge in [0.2, 0.25) is 0 Å². The summed E-state index contributed by atoms with van der Waals surface area (Å²) in [6, 6.07) is 0. The highest BCUT2D eigenvalue weighted by molar-refractivity contribution is 7.05. The fraction of sp³-hybridized carbons (Fsp3) is 0.750. The standard InChI is InChI=1S/C8H14N2S/c1-5(2)6(3)8-9-7(4)11-10-8/h5-6H,1-4H3. The van der Waals surface area contributed by atoms with Crippen molar-refractivity contribution in [2.45, 2.75) is 33.6 Å². The molecule has 0 aliphatic heterocycles. The van der Waals surface area contributed by atoms with Crippen molar-refractivity contribution >= 4 is 11.5 Å². The van der Waals surface area contributed by atoms with Crippen LogP contribution in [-0.2, 0) is 0 Å². The van der Waals surface area contributed by atoms with E-state index in [-0.39, 0.29) is 0 Å². The highest BCUT2D eigenvalue weighted by Crippen LogP contribution is 2.21. The second-order valence-electron chi connectivity index (χ2n) is 3.20. The summed E-state index contributed by atoms with van der Waals surface area (Å²) in [5, 5.41) is 1.06. The zero-order valence-corrected chi connectivity index (χ0v) is 8.27. The van der Waals surface area contributed by atoms with Crippen LogP contribution in [0, 0.1) is 12.8 Å². The monoisotopic (exact) mass is 170 g/mol. The van der Waals surface area contributed by atoms with Crippen molar-refractivity contribution in [3.8, 4) is 0 Å². The van der Waals surface area contributed by atoms with Gasteiger partial charge in [0, 0.05) is 5.92 Å². The minimum absolute atomic E-state index is 0.486. The van der Waals surface area contributed by atoms with E-state index in [0.29, 0.717) is 11.8 Å². The van der Waals surface area contributed by atoms with Gasteiger partial charge in [-0.25, -0.2) is 4.98 Å². The van der Waals surface area contributed by atoms with Crippen LogP contribution in [0.3, 0.4) is 0 Å². The zero-order chi connectivity index (χ0) is 8.43. The van der Waals surface area contributed by atoms with E-state index in [9.17, 15) is 0 Å². The summed E-state index contributed by atoms with van der Waals surface area (Å²) in [7, 11) is 0. The third-order valence-electron chi connectivity index (χ3n) is 1.95. The lowest BCUT2D eigenvalue weighted by molar-refractivity contribution is 0.515. The molecule has 1 aromatic heterocycles. The second kappa shape index (κ2) is 3.30. The van der Waals surface area contributed by atoms with Gasteiger partial charge in [0.05, 0.1) is 0 Å². The van der Waals surface area contributed by atoms with Gasteiger partial charge in [-0.05, 0) is 24.4 Å². The van der Waals surface area contributed by atoms with Gasteiger partial charge in [-0.3, -0.25) is 0 Å². The van der Waals surface area contributed by atoms with Crippen LogP contribution in [0.15, 0.2) is 0 Å². The Morgan fingerprint density at radius 2 is 1.91 bits per heavy atom. The van der Waals surface area contributed by atoms with Crippen molar-refractivity contribution in [2.24, 2.45) is 5.92 Å².